The highest BCUT2D eigenvalue weighted by atomic mass is 79.9. The quantitative estimate of drug-likeness (QED) is 0.718. The van der Waals surface area contributed by atoms with Gasteiger partial charge in [-0.1, -0.05) is 22.9 Å². The Morgan fingerprint density at radius 1 is 1.82 bits per heavy atom. The van der Waals surface area contributed by atoms with Gasteiger partial charge in [0.1, 0.15) is 0 Å². The zero-order chi connectivity index (χ0) is 8.43. The summed E-state index contributed by atoms with van der Waals surface area (Å²) in [6.07, 6.45) is 1.07. The van der Waals surface area contributed by atoms with E-state index in [0.717, 1.165) is 11.8 Å². The van der Waals surface area contributed by atoms with Crippen LogP contribution < -0.4 is 5.32 Å². The van der Waals surface area contributed by atoms with Crippen LogP contribution in [0.5, 0.6) is 0 Å². The summed E-state index contributed by atoms with van der Waals surface area (Å²) < 4.78 is 0. The highest BCUT2D eigenvalue weighted by molar-refractivity contribution is 9.09. The number of alkyl halides is 1. The van der Waals surface area contributed by atoms with Crippen LogP contribution in [0.1, 0.15) is 20.3 Å². The van der Waals surface area contributed by atoms with Crippen molar-refractivity contribution in [2.24, 2.45) is 11.8 Å². The molecule has 0 spiro atoms. The lowest BCUT2D eigenvalue weighted by atomic mass is 10.3. The zero-order valence-corrected chi connectivity index (χ0v) is 8.52. The maximum Gasteiger partial charge on any atom is 0.223 e. The molecular formula is C8H14BrNO. The lowest BCUT2D eigenvalue weighted by Gasteiger charge is -2.09. The summed E-state index contributed by atoms with van der Waals surface area (Å²) in [4.78, 5) is 11.3. The second-order valence-electron chi connectivity index (χ2n) is 3.38. The molecule has 0 radical (unpaired) electrons. The first-order valence-electron chi connectivity index (χ1n) is 4.01. The number of carbonyl (C=O) groups is 1. The van der Waals surface area contributed by atoms with Crippen molar-refractivity contribution in [3.63, 3.8) is 0 Å². The molecule has 0 heterocycles. The average Bonchev–Trinajstić information content (AvgIpc) is 2.66. The van der Waals surface area contributed by atoms with Gasteiger partial charge in [0, 0.05) is 17.3 Å². The van der Waals surface area contributed by atoms with Gasteiger partial charge >= 0.3 is 0 Å². The van der Waals surface area contributed by atoms with E-state index in [-0.39, 0.29) is 11.9 Å². The van der Waals surface area contributed by atoms with Crippen molar-refractivity contribution in [1.82, 2.24) is 5.32 Å². The van der Waals surface area contributed by atoms with E-state index in [0.29, 0.717) is 11.8 Å². The van der Waals surface area contributed by atoms with Crippen LogP contribution in [-0.4, -0.2) is 17.3 Å². The van der Waals surface area contributed by atoms with Crippen LogP contribution >= 0.6 is 15.9 Å². The van der Waals surface area contributed by atoms with Gasteiger partial charge in [-0.05, 0) is 19.3 Å². The Balaban J connectivity index is 2.21. The van der Waals surface area contributed by atoms with Crippen molar-refractivity contribution in [3.05, 3.63) is 0 Å². The molecule has 3 atom stereocenters. The van der Waals surface area contributed by atoms with Gasteiger partial charge in [0.05, 0.1) is 0 Å². The molecule has 1 aliphatic rings. The molecule has 0 aromatic rings. The van der Waals surface area contributed by atoms with Crippen LogP contribution in [0.25, 0.3) is 0 Å². The maximum absolute atomic E-state index is 11.3. The van der Waals surface area contributed by atoms with E-state index >= 15 is 0 Å². The van der Waals surface area contributed by atoms with Crippen molar-refractivity contribution in [1.29, 1.82) is 0 Å². The molecule has 0 bridgehead atoms. The fourth-order valence-electron chi connectivity index (χ4n) is 1.08. The third kappa shape index (κ3) is 2.47. The van der Waals surface area contributed by atoms with E-state index < -0.39 is 0 Å². The summed E-state index contributed by atoms with van der Waals surface area (Å²) in [5, 5.41) is 3.77. The predicted molar refractivity (Wildman–Crippen MR) is 48.7 cm³/mol. The molecular weight excluding hydrogens is 206 g/mol. The highest BCUT2D eigenvalue weighted by Crippen LogP contribution is 2.37. The van der Waals surface area contributed by atoms with E-state index in [9.17, 15) is 4.79 Å². The summed E-state index contributed by atoms with van der Waals surface area (Å²) in [6, 6.07) is 0.260. The fourth-order valence-corrected chi connectivity index (χ4v) is 1.24. The third-order valence-corrected chi connectivity index (χ3v) is 3.04. The van der Waals surface area contributed by atoms with Gasteiger partial charge in [0.2, 0.25) is 5.91 Å². The molecule has 0 aliphatic heterocycles. The highest BCUT2D eigenvalue weighted by Gasteiger charge is 2.39. The van der Waals surface area contributed by atoms with E-state index in [2.05, 4.69) is 28.2 Å². The molecule has 11 heavy (non-hydrogen) atoms. The average molecular weight is 220 g/mol. The summed E-state index contributed by atoms with van der Waals surface area (Å²) in [7, 11) is 0. The molecule has 1 amide bonds. The molecule has 0 saturated heterocycles. The summed E-state index contributed by atoms with van der Waals surface area (Å²) in [6.45, 7) is 4.11. The second-order valence-corrected chi connectivity index (χ2v) is 4.03. The number of hydrogen-bond acceptors (Lipinski definition) is 1. The van der Waals surface area contributed by atoms with Crippen molar-refractivity contribution in [3.8, 4) is 0 Å². The minimum absolute atomic E-state index is 0.226. The first-order valence-corrected chi connectivity index (χ1v) is 5.13. The Hall–Kier alpha value is -0.0500. The molecule has 1 fully saturated rings. The third-order valence-electron chi connectivity index (χ3n) is 2.07. The minimum Gasteiger partial charge on any atom is -0.353 e. The number of hydrogen-bond donors (Lipinski definition) is 1. The number of nitrogens with one attached hydrogen (secondary N) is 1. The Bertz CT molecular complexity index is 160. The smallest absolute Gasteiger partial charge is 0.223 e. The minimum atomic E-state index is 0.226. The van der Waals surface area contributed by atoms with Gasteiger partial charge in [-0.3, -0.25) is 4.79 Å². The molecule has 1 aliphatic carbocycles. The summed E-state index contributed by atoms with van der Waals surface area (Å²) in [5.74, 6) is 1.14. The van der Waals surface area contributed by atoms with Gasteiger partial charge in [-0.25, -0.2) is 0 Å². The van der Waals surface area contributed by atoms with Gasteiger partial charge in [-0.2, -0.15) is 0 Å². The molecule has 1 N–H and O–H groups in total. The van der Waals surface area contributed by atoms with Crippen molar-refractivity contribution < 1.29 is 4.79 Å². The standard InChI is InChI=1S/C8H14BrNO/c1-5-3-7(5)8(11)10-6(2)4-9/h5-7H,3-4H2,1-2H3,(H,10,11). The Kier molecular flexibility index (Phi) is 2.93. The van der Waals surface area contributed by atoms with E-state index in [4.69, 9.17) is 0 Å². The molecule has 64 valence electrons. The first-order chi connectivity index (χ1) is 5.15. The fraction of sp³-hybridized carbons (Fsp3) is 0.875. The lowest BCUT2D eigenvalue weighted by Crippen LogP contribution is -2.34. The Morgan fingerprint density at radius 2 is 2.36 bits per heavy atom. The lowest BCUT2D eigenvalue weighted by molar-refractivity contribution is -0.123. The largest absolute Gasteiger partial charge is 0.353 e. The molecule has 1 saturated carbocycles. The SMILES string of the molecule is CC(CBr)NC(=O)C1CC1C. The number of amides is 1. The van der Waals surface area contributed by atoms with Crippen molar-refractivity contribution in [2.45, 2.75) is 26.3 Å². The van der Waals surface area contributed by atoms with Gasteiger partial charge < -0.3 is 5.32 Å². The van der Waals surface area contributed by atoms with Crippen LogP contribution in [0.3, 0.4) is 0 Å². The van der Waals surface area contributed by atoms with Crippen LogP contribution in [0, 0.1) is 11.8 Å². The predicted octanol–water partition coefficient (Wildman–Crippen LogP) is 1.54. The van der Waals surface area contributed by atoms with Crippen LogP contribution in [0.15, 0.2) is 0 Å². The molecule has 0 aromatic carbocycles. The Morgan fingerprint density at radius 3 is 2.73 bits per heavy atom. The molecule has 3 heteroatoms. The van der Waals surface area contributed by atoms with Gasteiger partial charge in [-0.15, -0.1) is 0 Å². The second kappa shape index (κ2) is 3.57. The van der Waals surface area contributed by atoms with Crippen molar-refractivity contribution >= 4 is 21.8 Å². The zero-order valence-electron chi connectivity index (χ0n) is 6.93. The number of rotatable bonds is 3. The van der Waals surface area contributed by atoms with Gasteiger partial charge in [0.15, 0.2) is 0 Å². The molecule has 2 nitrogen and oxygen atoms in total. The first kappa shape index (κ1) is 9.04. The normalized spacial score (nSPS) is 31.2. The van der Waals surface area contributed by atoms with Gasteiger partial charge in [0.25, 0.3) is 0 Å². The topological polar surface area (TPSA) is 29.1 Å². The molecule has 1 rings (SSSR count). The van der Waals surface area contributed by atoms with E-state index in [1.54, 1.807) is 0 Å². The van der Waals surface area contributed by atoms with Crippen LogP contribution in [0.4, 0.5) is 0 Å². The molecule has 0 aromatic heterocycles. The van der Waals surface area contributed by atoms with Crippen LogP contribution in [-0.2, 0) is 4.79 Å². The molecule has 3 unspecified atom stereocenters. The van der Waals surface area contributed by atoms with E-state index in [1.165, 1.54) is 0 Å². The Labute approximate surface area is 75.9 Å². The maximum atomic E-state index is 11.3. The van der Waals surface area contributed by atoms with Crippen molar-refractivity contribution in [2.75, 3.05) is 5.33 Å². The summed E-state index contributed by atoms with van der Waals surface area (Å²) in [5.41, 5.74) is 0. The summed E-state index contributed by atoms with van der Waals surface area (Å²) >= 11 is 3.31. The van der Waals surface area contributed by atoms with Crippen LogP contribution in [0.2, 0.25) is 0 Å². The van der Waals surface area contributed by atoms with E-state index in [1.807, 2.05) is 6.92 Å². The number of carbonyl (C=O) groups excluding carboxylic acids is 1. The monoisotopic (exact) mass is 219 g/mol. The number of halogens is 1.